The third kappa shape index (κ3) is 4.36. The summed E-state index contributed by atoms with van der Waals surface area (Å²) in [5.41, 5.74) is 2.41. The summed E-state index contributed by atoms with van der Waals surface area (Å²) >= 11 is 1.70. The van der Waals surface area contributed by atoms with Crippen LogP contribution in [-0.2, 0) is 13.1 Å². The van der Waals surface area contributed by atoms with Crippen molar-refractivity contribution in [1.29, 1.82) is 0 Å². The first-order valence-corrected chi connectivity index (χ1v) is 11.7. The van der Waals surface area contributed by atoms with Crippen LogP contribution in [0.4, 0.5) is 5.82 Å². The highest BCUT2D eigenvalue weighted by Gasteiger charge is 2.24. The Kier molecular flexibility index (Phi) is 5.86. The van der Waals surface area contributed by atoms with E-state index in [9.17, 15) is 0 Å². The molecule has 1 aliphatic heterocycles. The van der Waals surface area contributed by atoms with Gasteiger partial charge in [-0.1, -0.05) is 35.5 Å². The minimum atomic E-state index is 0.612. The second kappa shape index (κ2) is 8.93. The quantitative estimate of drug-likeness (QED) is 0.443. The lowest BCUT2D eigenvalue weighted by atomic mass is 10.1. The van der Waals surface area contributed by atoms with Gasteiger partial charge in [-0.15, -0.1) is 11.3 Å². The zero-order chi connectivity index (χ0) is 22.1. The second-order valence-electron chi connectivity index (χ2n) is 8.39. The maximum atomic E-state index is 5.12. The summed E-state index contributed by atoms with van der Waals surface area (Å²) in [7, 11) is 4.10. The van der Waals surface area contributed by atoms with Gasteiger partial charge >= 0.3 is 0 Å². The number of nitrogens with zero attached hydrogens (tertiary/aromatic N) is 7. The third-order valence-corrected chi connectivity index (χ3v) is 6.48. The molecular weight excluding hydrogens is 422 g/mol. The molecule has 0 amide bonds. The van der Waals surface area contributed by atoms with Gasteiger partial charge in [-0.2, -0.15) is 4.98 Å². The molecule has 1 saturated heterocycles. The van der Waals surface area contributed by atoms with E-state index in [0.717, 1.165) is 60.4 Å². The number of hydrogen-bond acceptors (Lipinski definition) is 9. The second-order valence-corrected chi connectivity index (χ2v) is 9.25. The summed E-state index contributed by atoms with van der Waals surface area (Å²) < 4.78 is 5.12. The summed E-state index contributed by atoms with van der Waals surface area (Å²) in [6, 6.07) is 10.5. The van der Waals surface area contributed by atoms with Crippen LogP contribution in [0, 0.1) is 6.92 Å². The number of piperazine rings is 1. The first kappa shape index (κ1) is 21.0. The highest BCUT2D eigenvalue weighted by molar-refractivity contribution is 7.17. The van der Waals surface area contributed by atoms with E-state index in [0.29, 0.717) is 12.4 Å². The molecule has 4 heterocycles. The number of benzene rings is 1. The number of fused-ring (bicyclic) bond motifs is 1. The highest BCUT2D eigenvalue weighted by atomic mass is 32.1. The lowest BCUT2D eigenvalue weighted by Gasteiger charge is -2.35. The molecule has 0 saturated carbocycles. The van der Waals surface area contributed by atoms with Crippen LogP contribution in [0.5, 0.6) is 0 Å². The van der Waals surface area contributed by atoms with E-state index in [1.54, 1.807) is 11.3 Å². The Morgan fingerprint density at radius 2 is 1.78 bits per heavy atom. The molecule has 5 rings (SSSR count). The van der Waals surface area contributed by atoms with E-state index in [1.807, 2.05) is 6.92 Å². The van der Waals surface area contributed by atoms with Gasteiger partial charge in [-0.3, -0.25) is 4.90 Å². The van der Waals surface area contributed by atoms with Crippen LogP contribution in [0.2, 0.25) is 0 Å². The maximum Gasteiger partial charge on any atom is 0.223 e. The molecule has 0 spiro atoms. The zero-order valence-electron chi connectivity index (χ0n) is 18.7. The molecule has 0 aliphatic carbocycles. The van der Waals surface area contributed by atoms with Gasteiger partial charge < -0.3 is 14.3 Å². The Balaban J connectivity index is 1.45. The fraction of sp³-hybridized carbons (Fsp3) is 0.391. The molecule has 0 unspecified atom stereocenters. The minimum Gasteiger partial charge on any atom is -0.353 e. The van der Waals surface area contributed by atoms with Gasteiger partial charge in [0.25, 0.3) is 0 Å². The summed E-state index contributed by atoms with van der Waals surface area (Å²) in [5.74, 6) is 3.27. The molecular formula is C23H27N7OS. The van der Waals surface area contributed by atoms with Crippen LogP contribution in [0.1, 0.15) is 17.5 Å². The fourth-order valence-corrected chi connectivity index (χ4v) is 5.06. The van der Waals surface area contributed by atoms with Crippen molar-refractivity contribution in [3.05, 3.63) is 53.3 Å². The van der Waals surface area contributed by atoms with Gasteiger partial charge in [-0.05, 0) is 19.7 Å². The van der Waals surface area contributed by atoms with E-state index in [1.165, 1.54) is 11.1 Å². The summed E-state index contributed by atoms with van der Waals surface area (Å²) in [6.45, 7) is 6.90. The van der Waals surface area contributed by atoms with Gasteiger partial charge in [0.1, 0.15) is 16.5 Å². The largest absolute Gasteiger partial charge is 0.353 e. The molecule has 3 aromatic heterocycles. The average molecular weight is 450 g/mol. The summed E-state index contributed by atoms with van der Waals surface area (Å²) in [4.78, 5) is 22.2. The predicted octanol–water partition coefficient (Wildman–Crippen LogP) is 3.43. The molecule has 0 bridgehead atoms. The number of thiophene rings is 1. The Morgan fingerprint density at radius 3 is 2.47 bits per heavy atom. The zero-order valence-corrected chi connectivity index (χ0v) is 19.5. The molecule has 0 atom stereocenters. The van der Waals surface area contributed by atoms with E-state index in [-0.39, 0.29) is 0 Å². The van der Waals surface area contributed by atoms with Crippen molar-refractivity contribution < 1.29 is 4.52 Å². The van der Waals surface area contributed by atoms with Gasteiger partial charge in [0.2, 0.25) is 5.89 Å². The normalized spacial score (nSPS) is 15.2. The third-order valence-electron chi connectivity index (χ3n) is 5.61. The molecule has 9 heteroatoms. The van der Waals surface area contributed by atoms with Crippen molar-refractivity contribution in [3.8, 4) is 11.1 Å². The van der Waals surface area contributed by atoms with Gasteiger partial charge in [0, 0.05) is 44.0 Å². The van der Waals surface area contributed by atoms with E-state index in [4.69, 9.17) is 14.5 Å². The van der Waals surface area contributed by atoms with E-state index >= 15 is 0 Å². The predicted molar refractivity (Wildman–Crippen MR) is 127 cm³/mol. The minimum absolute atomic E-state index is 0.612. The van der Waals surface area contributed by atoms with E-state index in [2.05, 4.69) is 74.6 Å². The standard InChI is InChI=1S/C23H27N7OS/c1-16-24-20(27-31-16)14-29-9-11-30(12-10-29)22-21-18(17-7-5-4-6-8-17)15-32-23(21)26-19(25-22)13-28(2)3/h4-8,15H,9-14H2,1-3H3. The number of rotatable bonds is 6. The Bertz CT molecular complexity index is 1200. The SMILES string of the molecule is Cc1nc(CN2CCN(c3nc(CN(C)C)nc4scc(-c5ccccc5)c34)CC2)no1. The number of anilines is 1. The Morgan fingerprint density at radius 1 is 1.00 bits per heavy atom. The summed E-state index contributed by atoms with van der Waals surface area (Å²) in [6.07, 6.45) is 0. The summed E-state index contributed by atoms with van der Waals surface area (Å²) in [5, 5.41) is 7.41. The lowest BCUT2D eigenvalue weighted by Crippen LogP contribution is -2.46. The molecule has 1 aliphatic rings. The smallest absolute Gasteiger partial charge is 0.223 e. The van der Waals surface area contributed by atoms with Crippen molar-refractivity contribution in [1.82, 2.24) is 29.9 Å². The maximum absolute atomic E-state index is 5.12. The monoisotopic (exact) mass is 449 g/mol. The topological polar surface area (TPSA) is 74.4 Å². The Hall–Kier alpha value is -2.88. The van der Waals surface area contributed by atoms with Gasteiger partial charge in [-0.25, -0.2) is 9.97 Å². The van der Waals surface area contributed by atoms with Crippen molar-refractivity contribution in [3.63, 3.8) is 0 Å². The van der Waals surface area contributed by atoms with Crippen LogP contribution in [0.15, 0.2) is 40.2 Å². The van der Waals surface area contributed by atoms with Crippen LogP contribution in [-0.4, -0.2) is 70.2 Å². The molecule has 0 radical (unpaired) electrons. The molecule has 0 N–H and O–H groups in total. The molecule has 1 aromatic carbocycles. The van der Waals surface area contributed by atoms with E-state index < -0.39 is 0 Å². The first-order chi connectivity index (χ1) is 15.6. The molecule has 8 nitrogen and oxygen atoms in total. The van der Waals surface area contributed by atoms with Crippen LogP contribution < -0.4 is 4.90 Å². The molecule has 32 heavy (non-hydrogen) atoms. The van der Waals surface area contributed by atoms with Gasteiger partial charge in [0.05, 0.1) is 18.5 Å². The number of hydrogen-bond donors (Lipinski definition) is 0. The molecule has 4 aromatic rings. The van der Waals surface area contributed by atoms with Crippen molar-refractivity contribution in [2.45, 2.75) is 20.0 Å². The van der Waals surface area contributed by atoms with Crippen molar-refractivity contribution in [2.75, 3.05) is 45.2 Å². The van der Waals surface area contributed by atoms with Crippen LogP contribution in [0.25, 0.3) is 21.3 Å². The first-order valence-electron chi connectivity index (χ1n) is 10.8. The lowest BCUT2D eigenvalue weighted by molar-refractivity contribution is 0.239. The van der Waals surface area contributed by atoms with Crippen LogP contribution >= 0.6 is 11.3 Å². The average Bonchev–Trinajstić information content (AvgIpc) is 3.40. The molecule has 166 valence electrons. The highest BCUT2D eigenvalue weighted by Crippen LogP contribution is 2.38. The van der Waals surface area contributed by atoms with Crippen molar-refractivity contribution in [2.24, 2.45) is 0 Å². The number of aryl methyl sites for hydroxylation is 1. The fourth-order valence-electron chi connectivity index (χ4n) is 4.10. The van der Waals surface area contributed by atoms with Crippen LogP contribution in [0.3, 0.4) is 0 Å². The number of aromatic nitrogens is 4. The van der Waals surface area contributed by atoms with Crippen molar-refractivity contribution >= 4 is 27.4 Å². The van der Waals surface area contributed by atoms with Gasteiger partial charge in [0.15, 0.2) is 5.82 Å². The Labute approximate surface area is 191 Å². The molecule has 1 fully saturated rings.